The van der Waals surface area contributed by atoms with Crippen LogP contribution in [0.5, 0.6) is 0 Å². The lowest BCUT2D eigenvalue weighted by Crippen LogP contribution is -2.14. The van der Waals surface area contributed by atoms with Gasteiger partial charge in [0, 0.05) is 11.9 Å². The molecule has 2 heterocycles. The molecule has 0 fully saturated rings. The number of thioether (sulfide) groups is 2. The third-order valence-corrected chi connectivity index (χ3v) is 6.09. The van der Waals surface area contributed by atoms with Crippen molar-refractivity contribution in [2.75, 3.05) is 16.8 Å². The van der Waals surface area contributed by atoms with Crippen LogP contribution in [0.4, 0.5) is 5.82 Å². The summed E-state index contributed by atoms with van der Waals surface area (Å²) in [6.45, 7) is 4.33. The molecule has 22 heavy (non-hydrogen) atoms. The van der Waals surface area contributed by atoms with Gasteiger partial charge in [-0.1, -0.05) is 60.3 Å². The first-order valence-corrected chi connectivity index (χ1v) is 9.70. The molecule has 0 saturated heterocycles. The number of nitrogens with zero attached hydrogens (tertiary/aromatic N) is 3. The molecule has 0 aliphatic heterocycles. The molecule has 0 spiro atoms. The minimum absolute atomic E-state index is 0.133. The second kappa shape index (κ2) is 8.71. The minimum Gasteiger partial charge on any atom is -0.310 e. The molecule has 118 valence electrons. The van der Waals surface area contributed by atoms with Gasteiger partial charge in [-0.15, -0.1) is 10.2 Å². The van der Waals surface area contributed by atoms with Gasteiger partial charge in [-0.3, -0.25) is 4.79 Å². The molecule has 9 heteroatoms. The molecule has 5 nitrogen and oxygen atoms in total. The Bertz CT molecular complexity index is 618. The highest BCUT2D eigenvalue weighted by Gasteiger charge is 2.09. The van der Waals surface area contributed by atoms with Gasteiger partial charge in [-0.05, 0) is 18.1 Å². The summed E-state index contributed by atoms with van der Waals surface area (Å²) in [5.41, 5.74) is 0. The van der Waals surface area contributed by atoms with E-state index < -0.39 is 0 Å². The fourth-order valence-corrected chi connectivity index (χ4v) is 4.22. The van der Waals surface area contributed by atoms with Gasteiger partial charge in [-0.2, -0.15) is 0 Å². The molecule has 1 N–H and O–H groups in total. The van der Waals surface area contributed by atoms with E-state index in [0.29, 0.717) is 16.8 Å². The van der Waals surface area contributed by atoms with Crippen LogP contribution in [0.15, 0.2) is 27.0 Å². The number of pyridine rings is 1. The van der Waals surface area contributed by atoms with Crippen molar-refractivity contribution in [3.05, 3.63) is 23.4 Å². The van der Waals surface area contributed by atoms with Crippen molar-refractivity contribution in [2.45, 2.75) is 22.5 Å². The van der Waals surface area contributed by atoms with Crippen LogP contribution >= 0.6 is 46.5 Å². The highest BCUT2D eigenvalue weighted by atomic mass is 35.5. The Morgan fingerprint density at radius 1 is 1.32 bits per heavy atom. The number of nitrogens with one attached hydrogen (secondary N) is 1. The number of carbonyl (C=O) groups excluding carboxylic acids is 1. The Morgan fingerprint density at radius 2 is 2.05 bits per heavy atom. The maximum atomic E-state index is 11.8. The Labute approximate surface area is 146 Å². The predicted molar refractivity (Wildman–Crippen MR) is 94.1 cm³/mol. The van der Waals surface area contributed by atoms with Crippen molar-refractivity contribution in [3.63, 3.8) is 0 Å². The molecule has 0 bridgehead atoms. The van der Waals surface area contributed by atoms with Crippen molar-refractivity contribution in [1.82, 2.24) is 15.2 Å². The van der Waals surface area contributed by atoms with Crippen LogP contribution in [-0.2, 0) is 4.79 Å². The lowest BCUT2D eigenvalue weighted by atomic mass is 10.3. The van der Waals surface area contributed by atoms with Gasteiger partial charge >= 0.3 is 0 Å². The van der Waals surface area contributed by atoms with E-state index in [1.54, 1.807) is 23.9 Å². The summed E-state index contributed by atoms with van der Waals surface area (Å²) in [5, 5.41) is 11.4. The zero-order chi connectivity index (χ0) is 15.9. The van der Waals surface area contributed by atoms with Crippen LogP contribution < -0.4 is 5.32 Å². The number of hydrogen-bond acceptors (Lipinski definition) is 7. The number of aromatic nitrogens is 3. The maximum absolute atomic E-state index is 11.8. The maximum Gasteiger partial charge on any atom is 0.235 e. The summed E-state index contributed by atoms with van der Waals surface area (Å²) in [6.07, 6.45) is 1.49. The van der Waals surface area contributed by atoms with E-state index in [1.165, 1.54) is 29.3 Å². The van der Waals surface area contributed by atoms with Crippen molar-refractivity contribution < 1.29 is 4.79 Å². The van der Waals surface area contributed by atoms with E-state index in [4.69, 9.17) is 11.6 Å². The Morgan fingerprint density at radius 3 is 2.68 bits per heavy atom. The zero-order valence-electron chi connectivity index (χ0n) is 12.1. The summed E-state index contributed by atoms with van der Waals surface area (Å²) >= 11 is 10.3. The highest BCUT2D eigenvalue weighted by molar-refractivity contribution is 8.03. The molecule has 0 unspecified atom stereocenters. The van der Waals surface area contributed by atoms with Crippen LogP contribution in [0.25, 0.3) is 0 Å². The van der Waals surface area contributed by atoms with Crippen LogP contribution in [-0.4, -0.2) is 32.6 Å². The average molecular weight is 375 g/mol. The van der Waals surface area contributed by atoms with Gasteiger partial charge in [0.2, 0.25) is 5.91 Å². The van der Waals surface area contributed by atoms with E-state index in [0.717, 1.165) is 14.4 Å². The van der Waals surface area contributed by atoms with Crippen molar-refractivity contribution in [1.29, 1.82) is 0 Å². The number of rotatable bonds is 7. The van der Waals surface area contributed by atoms with Crippen LogP contribution in [0.3, 0.4) is 0 Å². The summed E-state index contributed by atoms with van der Waals surface area (Å²) in [4.78, 5) is 15.9. The van der Waals surface area contributed by atoms with Crippen LogP contribution in [0, 0.1) is 5.92 Å². The zero-order valence-corrected chi connectivity index (χ0v) is 15.3. The summed E-state index contributed by atoms with van der Waals surface area (Å²) in [6, 6.07) is 3.34. The quantitative estimate of drug-likeness (QED) is 0.737. The van der Waals surface area contributed by atoms with Gasteiger partial charge in [0.15, 0.2) is 8.68 Å². The van der Waals surface area contributed by atoms with E-state index in [2.05, 4.69) is 34.3 Å². The van der Waals surface area contributed by atoms with E-state index in [-0.39, 0.29) is 11.7 Å². The van der Waals surface area contributed by atoms with Crippen LogP contribution in [0.2, 0.25) is 5.02 Å². The Kier molecular flexibility index (Phi) is 6.94. The molecule has 2 aromatic heterocycles. The smallest absolute Gasteiger partial charge is 0.235 e. The van der Waals surface area contributed by atoms with E-state index in [1.807, 2.05) is 0 Å². The Balaban J connectivity index is 1.77. The number of halogens is 1. The topological polar surface area (TPSA) is 67.8 Å². The van der Waals surface area contributed by atoms with Crippen LogP contribution in [0.1, 0.15) is 13.8 Å². The first-order valence-electron chi connectivity index (χ1n) is 6.53. The Hall–Kier alpha value is -0.830. The number of amides is 1. The molecule has 0 aliphatic carbocycles. The molecular weight excluding hydrogens is 360 g/mol. The fraction of sp³-hybridized carbons (Fsp3) is 0.385. The molecule has 2 rings (SSSR count). The monoisotopic (exact) mass is 374 g/mol. The third-order valence-electron chi connectivity index (χ3n) is 2.25. The second-order valence-electron chi connectivity index (χ2n) is 4.74. The highest BCUT2D eigenvalue weighted by Crippen LogP contribution is 2.29. The van der Waals surface area contributed by atoms with Crippen molar-refractivity contribution >= 4 is 58.2 Å². The molecule has 0 radical (unpaired) electrons. The van der Waals surface area contributed by atoms with Gasteiger partial charge in [0.05, 0.1) is 10.8 Å². The molecule has 0 atom stereocenters. The lowest BCUT2D eigenvalue weighted by Gasteiger charge is -2.02. The van der Waals surface area contributed by atoms with Gasteiger partial charge in [0.25, 0.3) is 0 Å². The average Bonchev–Trinajstić information content (AvgIpc) is 2.93. The first-order chi connectivity index (χ1) is 10.5. The fourth-order valence-electron chi connectivity index (χ4n) is 1.31. The molecule has 0 aliphatic rings. The SMILES string of the molecule is CC(C)CSc1nnc(SCC(=O)Nc2ccc(Cl)cn2)s1. The minimum atomic E-state index is -0.133. The van der Waals surface area contributed by atoms with E-state index >= 15 is 0 Å². The van der Waals surface area contributed by atoms with Gasteiger partial charge < -0.3 is 5.32 Å². The van der Waals surface area contributed by atoms with Crippen molar-refractivity contribution in [3.8, 4) is 0 Å². The molecular formula is C13H15ClN4OS3. The van der Waals surface area contributed by atoms with Crippen molar-refractivity contribution in [2.24, 2.45) is 5.92 Å². The predicted octanol–water partition coefficient (Wildman–Crippen LogP) is 4.07. The molecule has 2 aromatic rings. The number of anilines is 1. The van der Waals surface area contributed by atoms with Gasteiger partial charge in [-0.25, -0.2) is 4.98 Å². The third kappa shape index (κ3) is 6.12. The summed E-state index contributed by atoms with van der Waals surface area (Å²) in [7, 11) is 0. The summed E-state index contributed by atoms with van der Waals surface area (Å²) in [5.74, 6) is 2.25. The number of carbonyl (C=O) groups is 1. The van der Waals surface area contributed by atoms with E-state index in [9.17, 15) is 4.79 Å². The summed E-state index contributed by atoms with van der Waals surface area (Å²) < 4.78 is 1.74. The normalized spacial score (nSPS) is 10.9. The molecule has 1 amide bonds. The largest absolute Gasteiger partial charge is 0.310 e. The lowest BCUT2D eigenvalue weighted by molar-refractivity contribution is -0.113. The first kappa shape index (κ1) is 17.5. The van der Waals surface area contributed by atoms with Gasteiger partial charge in [0.1, 0.15) is 5.82 Å². The standard InChI is InChI=1S/C13H15ClN4OS3/c1-8(2)6-20-12-17-18-13(22-12)21-7-11(19)16-10-4-3-9(14)5-15-10/h3-5,8H,6-7H2,1-2H3,(H,15,16,19). The molecule has 0 saturated carbocycles. The molecule has 0 aromatic carbocycles. The second-order valence-corrected chi connectivity index (χ2v) is 8.64. The number of hydrogen-bond donors (Lipinski definition) is 1.